The van der Waals surface area contributed by atoms with Crippen molar-refractivity contribution in [3.63, 3.8) is 0 Å². The minimum absolute atomic E-state index is 0.0314. The summed E-state index contributed by atoms with van der Waals surface area (Å²) in [6, 6.07) is 13.6. The van der Waals surface area contributed by atoms with Crippen molar-refractivity contribution in [1.29, 1.82) is 0 Å². The molecular weight excluding hydrogens is 358 g/mol. The van der Waals surface area contributed by atoms with Crippen LogP contribution < -0.4 is 10.5 Å². The van der Waals surface area contributed by atoms with Gasteiger partial charge in [0.2, 0.25) is 5.91 Å². The number of carbonyl (C=O) groups excluding carboxylic acids is 2. The Hall–Kier alpha value is -3.41. The first-order valence-electron chi connectivity index (χ1n) is 9.12. The van der Waals surface area contributed by atoms with Gasteiger partial charge < -0.3 is 14.1 Å². The second-order valence-electron chi connectivity index (χ2n) is 6.86. The van der Waals surface area contributed by atoms with E-state index in [0.29, 0.717) is 29.7 Å². The summed E-state index contributed by atoms with van der Waals surface area (Å²) in [5.74, 6) is -0.395. The fraction of sp³-hybridized carbons (Fsp3) is 0.227. The molecule has 0 N–H and O–H groups in total. The maximum absolute atomic E-state index is 12.4. The highest BCUT2D eigenvalue weighted by Crippen LogP contribution is 2.23. The number of amides is 1. The van der Waals surface area contributed by atoms with E-state index in [0.717, 1.165) is 23.1 Å². The predicted octanol–water partition coefficient (Wildman–Crippen LogP) is 3.59. The molecule has 1 aromatic heterocycles. The van der Waals surface area contributed by atoms with Crippen molar-refractivity contribution in [2.75, 3.05) is 11.4 Å². The first-order valence-corrected chi connectivity index (χ1v) is 9.12. The van der Waals surface area contributed by atoms with E-state index < -0.39 is 11.6 Å². The Morgan fingerprint density at radius 3 is 2.61 bits per heavy atom. The molecule has 0 unspecified atom stereocenters. The Balaban J connectivity index is 1.49. The lowest BCUT2D eigenvalue weighted by Crippen LogP contribution is -2.23. The number of aryl methyl sites for hydroxylation is 1. The molecule has 0 saturated carbocycles. The first kappa shape index (κ1) is 18.0. The van der Waals surface area contributed by atoms with E-state index in [4.69, 9.17) is 9.15 Å². The minimum atomic E-state index is -0.493. The Labute approximate surface area is 161 Å². The molecule has 1 fully saturated rings. The molecule has 1 aliphatic rings. The van der Waals surface area contributed by atoms with Crippen LogP contribution in [-0.2, 0) is 16.1 Å². The van der Waals surface area contributed by atoms with Crippen LogP contribution in [-0.4, -0.2) is 18.4 Å². The second kappa shape index (κ2) is 7.31. The summed E-state index contributed by atoms with van der Waals surface area (Å²) in [5, 5.41) is 0.737. The van der Waals surface area contributed by atoms with Crippen LogP contribution >= 0.6 is 0 Å². The summed E-state index contributed by atoms with van der Waals surface area (Å²) in [6.45, 7) is 2.58. The van der Waals surface area contributed by atoms with Gasteiger partial charge in [-0.05, 0) is 49.2 Å². The number of carbonyl (C=O) groups is 2. The molecule has 4 rings (SSSR count). The molecule has 0 spiro atoms. The number of ether oxygens (including phenoxy) is 1. The van der Waals surface area contributed by atoms with Gasteiger partial charge in [0, 0.05) is 35.7 Å². The van der Waals surface area contributed by atoms with Gasteiger partial charge in [-0.15, -0.1) is 0 Å². The molecule has 1 aliphatic heterocycles. The third kappa shape index (κ3) is 3.53. The van der Waals surface area contributed by atoms with Gasteiger partial charge in [0.05, 0.1) is 5.56 Å². The molecule has 28 heavy (non-hydrogen) atoms. The number of hydrogen-bond acceptors (Lipinski definition) is 5. The first-order chi connectivity index (χ1) is 13.5. The number of esters is 1. The highest BCUT2D eigenvalue weighted by Gasteiger charge is 2.21. The highest BCUT2D eigenvalue weighted by atomic mass is 16.5. The van der Waals surface area contributed by atoms with Gasteiger partial charge in [0.1, 0.15) is 12.2 Å². The standard InChI is InChI=1S/C22H19NO5/c1-14-4-9-18-16(12-21(25)28-19(18)11-14)13-27-22(26)15-5-7-17(8-6-15)23-10-2-3-20(23)24/h4-9,11-12H,2-3,10,13H2,1H3. The van der Waals surface area contributed by atoms with Crippen molar-refractivity contribution in [1.82, 2.24) is 0 Å². The van der Waals surface area contributed by atoms with Gasteiger partial charge in [-0.25, -0.2) is 9.59 Å². The molecule has 0 atom stereocenters. The number of fused-ring (bicyclic) bond motifs is 1. The SMILES string of the molecule is Cc1ccc2c(COC(=O)c3ccc(N4CCCC4=O)cc3)cc(=O)oc2c1. The van der Waals surface area contributed by atoms with E-state index in [9.17, 15) is 14.4 Å². The lowest BCUT2D eigenvalue weighted by atomic mass is 10.1. The zero-order valence-corrected chi connectivity index (χ0v) is 15.4. The summed E-state index contributed by atoms with van der Waals surface area (Å²) in [4.78, 5) is 37.7. The molecule has 6 heteroatoms. The van der Waals surface area contributed by atoms with Crippen LogP contribution in [0.15, 0.2) is 57.7 Å². The highest BCUT2D eigenvalue weighted by molar-refractivity contribution is 5.96. The molecule has 1 saturated heterocycles. The van der Waals surface area contributed by atoms with Crippen molar-refractivity contribution in [2.45, 2.75) is 26.4 Å². The third-order valence-electron chi connectivity index (χ3n) is 4.83. The lowest BCUT2D eigenvalue weighted by Gasteiger charge is -2.15. The summed E-state index contributed by atoms with van der Waals surface area (Å²) in [6.07, 6.45) is 1.41. The number of hydrogen-bond donors (Lipinski definition) is 0. The lowest BCUT2D eigenvalue weighted by molar-refractivity contribution is -0.117. The topological polar surface area (TPSA) is 76.8 Å². The summed E-state index contributed by atoms with van der Waals surface area (Å²) in [7, 11) is 0. The van der Waals surface area contributed by atoms with Crippen LogP contribution in [0.4, 0.5) is 5.69 Å². The maximum atomic E-state index is 12.4. The normalized spacial score (nSPS) is 13.9. The van der Waals surface area contributed by atoms with Gasteiger partial charge >= 0.3 is 11.6 Å². The van der Waals surface area contributed by atoms with E-state index in [1.807, 2.05) is 19.1 Å². The van der Waals surface area contributed by atoms with Crippen molar-refractivity contribution in [3.8, 4) is 0 Å². The van der Waals surface area contributed by atoms with Crippen LogP contribution in [0.2, 0.25) is 0 Å². The van der Waals surface area contributed by atoms with Crippen LogP contribution in [0.3, 0.4) is 0 Å². The van der Waals surface area contributed by atoms with Crippen molar-refractivity contribution in [2.24, 2.45) is 0 Å². The fourth-order valence-corrected chi connectivity index (χ4v) is 3.38. The van der Waals surface area contributed by atoms with Crippen molar-refractivity contribution in [3.05, 3.63) is 75.6 Å². The molecule has 0 bridgehead atoms. The monoisotopic (exact) mass is 377 g/mol. The molecule has 2 aromatic carbocycles. The largest absolute Gasteiger partial charge is 0.457 e. The van der Waals surface area contributed by atoms with Crippen LogP contribution in [0, 0.1) is 6.92 Å². The van der Waals surface area contributed by atoms with Gasteiger partial charge in [0.25, 0.3) is 0 Å². The summed E-state index contributed by atoms with van der Waals surface area (Å²) < 4.78 is 10.6. The molecule has 0 aliphatic carbocycles. The van der Waals surface area contributed by atoms with Gasteiger partial charge in [-0.3, -0.25) is 4.79 Å². The molecule has 3 aromatic rings. The molecule has 2 heterocycles. The Kier molecular flexibility index (Phi) is 4.69. The second-order valence-corrected chi connectivity index (χ2v) is 6.86. The molecule has 0 radical (unpaired) electrons. The number of anilines is 1. The summed E-state index contributed by atoms with van der Waals surface area (Å²) in [5.41, 5.74) is 2.72. The Morgan fingerprint density at radius 1 is 1.11 bits per heavy atom. The smallest absolute Gasteiger partial charge is 0.338 e. The van der Waals surface area contributed by atoms with Crippen LogP contribution in [0.1, 0.15) is 34.3 Å². The van der Waals surface area contributed by atoms with Gasteiger partial charge in [-0.2, -0.15) is 0 Å². The van der Waals surface area contributed by atoms with Crippen molar-refractivity contribution < 1.29 is 18.7 Å². The van der Waals surface area contributed by atoms with E-state index in [1.165, 1.54) is 6.07 Å². The Morgan fingerprint density at radius 2 is 1.89 bits per heavy atom. The van der Waals surface area contributed by atoms with E-state index in [2.05, 4.69) is 0 Å². The average molecular weight is 377 g/mol. The number of nitrogens with zero attached hydrogens (tertiary/aromatic N) is 1. The predicted molar refractivity (Wildman–Crippen MR) is 104 cm³/mol. The van der Waals surface area contributed by atoms with Gasteiger partial charge in [0.15, 0.2) is 0 Å². The van der Waals surface area contributed by atoms with Crippen molar-refractivity contribution >= 4 is 28.5 Å². The zero-order chi connectivity index (χ0) is 19.7. The van der Waals surface area contributed by atoms with E-state index in [-0.39, 0.29) is 12.5 Å². The molecule has 6 nitrogen and oxygen atoms in total. The quantitative estimate of drug-likeness (QED) is 0.513. The Bertz CT molecular complexity index is 1110. The summed E-state index contributed by atoms with van der Waals surface area (Å²) >= 11 is 0. The zero-order valence-electron chi connectivity index (χ0n) is 15.4. The van der Waals surface area contributed by atoms with Crippen LogP contribution in [0.5, 0.6) is 0 Å². The maximum Gasteiger partial charge on any atom is 0.338 e. The van der Waals surface area contributed by atoms with Gasteiger partial charge in [-0.1, -0.05) is 12.1 Å². The average Bonchev–Trinajstić information content (AvgIpc) is 3.11. The molecule has 142 valence electrons. The van der Waals surface area contributed by atoms with E-state index in [1.54, 1.807) is 35.2 Å². The third-order valence-corrected chi connectivity index (χ3v) is 4.83. The molecular formula is C22H19NO5. The van der Waals surface area contributed by atoms with E-state index >= 15 is 0 Å². The number of rotatable bonds is 4. The number of benzene rings is 2. The minimum Gasteiger partial charge on any atom is -0.457 e. The van der Waals surface area contributed by atoms with Crippen LogP contribution in [0.25, 0.3) is 11.0 Å². The fourth-order valence-electron chi connectivity index (χ4n) is 3.38. The molecule has 1 amide bonds.